The first-order valence-electron chi connectivity index (χ1n) is 5.16. The Bertz CT molecular complexity index is 458. The van der Waals surface area contributed by atoms with Crippen molar-refractivity contribution >= 4 is 23.2 Å². The van der Waals surface area contributed by atoms with E-state index in [-0.39, 0.29) is 12.4 Å². The van der Waals surface area contributed by atoms with E-state index in [9.17, 15) is 0 Å². The first kappa shape index (κ1) is 10.5. The summed E-state index contributed by atoms with van der Waals surface area (Å²) < 4.78 is 0. The van der Waals surface area contributed by atoms with Crippen LogP contribution in [0, 0.1) is 0 Å². The highest BCUT2D eigenvalue weighted by molar-refractivity contribution is 5.86. The van der Waals surface area contributed by atoms with Crippen LogP contribution in [0.25, 0.3) is 10.8 Å². The summed E-state index contributed by atoms with van der Waals surface area (Å²) in [4.78, 5) is 0. The van der Waals surface area contributed by atoms with Crippen LogP contribution in [0.15, 0.2) is 42.5 Å². The van der Waals surface area contributed by atoms with Crippen molar-refractivity contribution in [3.05, 3.63) is 48.0 Å². The van der Waals surface area contributed by atoms with Crippen LogP contribution in [-0.4, -0.2) is 6.54 Å². The topological polar surface area (TPSA) is 12.0 Å². The van der Waals surface area contributed by atoms with Crippen molar-refractivity contribution in [2.45, 2.75) is 12.5 Å². The summed E-state index contributed by atoms with van der Waals surface area (Å²) >= 11 is 0. The van der Waals surface area contributed by atoms with Crippen LogP contribution in [0.2, 0.25) is 0 Å². The largest absolute Gasteiger partial charge is 0.310 e. The van der Waals surface area contributed by atoms with E-state index in [4.69, 9.17) is 0 Å². The molecule has 1 heterocycles. The minimum atomic E-state index is 0. The first-order chi connectivity index (χ1) is 6.95. The molecule has 15 heavy (non-hydrogen) atoms. The molecule has 0 bridgehead atoms. The maximum absolute atomic E-state index is 3.45. The predicted molar refractivity (Wildman–Crippen MR) is 66.6 cm³/mol. The molecule has 2 heteroatoms. The molecule has 0 radical (unpaired) electrons. The van der Waals surface area contributed by atoms with Gasteiger partial charge >= 0.3 is 0 Å². The van der Waals surface area contributed by atoms with Gasteiger partial charge in [0.1, 0.15) is 0 Å². The van der Waals surface area contributed by atoms with Crippen LogP contribution in [0.3, 0.4) is 0 Å². The van der Waals surface area contributed by atoms with Gasteiger partial charge in [0.25, 0.3) is 0 Å². The van der Waals surface area contributed by atoms with E-state index >= 15 is 0 Å². The zero-order chi connectivity index (χ0) is 9.38. The quantitative estimate of drug-likeness (QED) is 0.776. The Morgan fingerprint density at radius 2 is 1.73 bits per heavy atom. The lowest BCUT2D eigenvalue weighted by molar-refractivity contribution is 0.385. The Hall–Kier alpha value is -1.05. The van der Waals surface area contributed by atoms with E-state index < -0.39 is 0 Å². The van der Waals surface area contributed by atoms with Gasteiger partial charge in [-0.1, -0.05) is 42.5 Å². The maximum atomic E-state index is 3.45. The molecule has 1 saturated heterocycles. The summed E-state index contributed by atoms with van der Waals surface area (Å²) in [5, 5.41) is 6.20. The molecular weight excluding hydrogens is 206 g/mol. The number of hydrogen-bond acceptors (Lipinski definition) is 1. The Labute approximate surface area is 95.9 Å². The van der Waals surface area contributed by atoms with Crippen molar-refractivity contribution in [1.29, 1.82) is 0 Å². The molecular formula is C13H14ClN. The summed E-state index contributed by atoms with van der Waals surface area (Å²) in [6.45, 7) is 1.16. The standard InChI is InChI=1S/C13H13N.ClH/c1-2-6-11-10(4-1)5-3-7-12(11)13-8-9-14-13;/h1-7,13-14H,8-9H2;1H/t13-;/m0./s1. The molecule has 1 aliphatic heterocycles. The van der Waals surface area contributed by atoms with Gasteiger partial charge in [-0.15, -0.1) is 12.4 Å². The van der Waals surface area contributed by atoms with Crippen molar-refractivity contribution in [2.75, 3.05) is 6.54 Å². The lowest BCUT2D eigenvalue weighted by Gasteiger charge is -2.29. The lowest BCUT2D eigenvalue weighted by atomic mass is 9.93. The predicted octanol–water partition coefficient (Wildman–Crippen LogP) is 3.30. The van der Waals surface area contributed by atoms with Gasteiger partial charge in [-0.25, -0.2) is 0 Å². The fourth-order valence-corrected chi connectivity index (χ4v) is 2.11. The maximum Gasteiger partial charge on any atom is 0.0338 e. The highest BCUT2D eigenvalue weighted by Crippen LogP contribution is 2.29. The van der Waals surface area contributed by atoms with Gasteiger partial charge < -0.3 is 5.32 Å². The van der Waals surface area contributed by atoms with Gasteiger partial charge in [-0.3, -0.25) is 0 Å². The second-order valence-electron chi connectivity index (χ2n) is 3.86. The van der Waals surface area contributed by atoms with Crippen molar-refractivity contribution in [3.63, 3.8) is 0 Å². The van der Waals surface area contributed by atoms with Gasteiger partial charge in [-0.2, -0.15) is 0 Å². The molecule has 0 aromatic heterocycles. The van der Waals surface area contributed by atoms with Gasteiger partial charge in [0.15, 0.2) is 0 Å². The Kier molecular flexibility index (Phi) is 2.94. The molecule has 1 nitrogen and oxygen atoms in total. The zero-order valence-corrected chi connectivity index (χ0v) is 9.26. The minimum Gasteiger partial charge on any atom is -0.310 e. The molecule has 0 amide bonds. The van der Waals surface area contributed by atoms with E-state index in [0.717, 1.165) is 6.54 Å². The molecule has 0 aliphatic carbocycles. The number of hydrogen-bond donors (Lipinski definition) is 1. The average molecular weight is 220 g/mol. The highest BCUT2D eigenvalue weighted by Gasteiger charge is 2.19. The first-order valence-corrected chi connectivity index (χ1v) is 5.16. The van der Waals surface area contributed by atoms with Gasteiger partial charge in [0, 0.05) is 6.04 Å². The number of fused-ring (bicyclic) bond motifs is 1. The number of nitrogens with one attached hydrogen (secondary N) is 1. The van der Waals surface area contributed by atoms with Crippen molar-refractivity contribution < 1.29 is 0 Å². The van der Waals surface area contributed by atoms with Gasteiger partial charge in [0.2, 0.25) is 0 Å². The van der Waals surface area contributed by atoms with Crippen LogP contribution < -0.4 is 5.32 Å². The van der Waals surface area contributed by atoms with E-state index in [1.165, 1.54) is 22.8 Å². The second kappa shape index (κ2) is 4.21. The molecule has 2 aromatic carbocycles. The molecule has 3 rings (SSSR count). The number of halogens is 1. The van der Waals surface area contributed by atoms with E-state index in [0.29, 0.717) is 6.04 Å². The molecule has 1 atom stereocenters. The summed E-state index contributed by atoms with van der Waals surface area (Å²) in [7, 11) is 0. The van der Waals surface area contributed by atoms with E-state index in [1.54, 1.807) is 0 Å². The second-order valence-corrected chi connectivity index (χ2v) is 3.86. The molecule has 1 aliphatic rings. The highest BCUT2D eigenvalue weighted by atomic mass is 35.5. The van der Waals surface area contributed by atoms with Crippen LogP contribution in [0.1, 0.15) is 18.0 Å². The molecule has 1 N–H and O–H groups in total. The fraction of sp³-hybridized carbons (Fsp3) is 0.231. The molecule has 0 spiro atoms. The summed E-state index contributed by atoms with van der Waals surface area (Å²) in [5.41, 5.74) is 1.45. The van der Waals surface area contributed by atoms with Gasteiger partial charge in [0.05, 0.1) is 0 Å². The Balaban J connectivity index is 0.000000853. The van der Waals surface area contributed by atoms with Crippen LogP contribution in [-0.2, 0) is 0 Å². The third kappa shape index (κ3) is 1.73. The normalized spacial score (nSPS) is 19.3. The summed E-state index contributed by atoms with van der Waals surface area (Å²) in [5.74, 6) is 0. The molecule has 0 unspecified atom stereocenters. The number of rotatable bonds is 1. The molecule has 2 aromatic rings. The van der Waals surface area contributed by atoms with Crippen molar-refractivity contribution in [3.8, 4) is 0 Å². The van der Waals surface area contributed by atoms with Gasteiger partial charge in [-0.05, 0) is 29.3 Å². The monoisotopic (exact) mass is 219 g/mol. The third-order valence-electron chi connectivity index (χ3n) is 3.02. The molecule has 78 valence electrons. The zero-order valence-electron chi connectivity index (χ0n) is 8.44. The molecule has 1 fully saturated rings. The number of benzene rings is 2. The van der Waals surface area contributed by atoms with E-state index in [1.807, 2.05) is 0 Å². The van der Waals surface area contributed by atoms with E-state index in [2.05, 4.69) is 47.8 Å². The fourth-order valence-electron chi connectivity index (χ4n) is 2.11. The smallest absolute Gasteiger partial charge is 0.0338 e. The summed E-state index contributed by atoms with van der Waals surface area (Å²) in [6.07, 6.45) is 1.27. The lowest BCUT2D eigenvalue weighted by Crippen LogP contribution is -2.34. The van der Waals surface area contributed by atoms with Crippen LogP contribution in [0.5, 0.6) is 0 Å². The van der Waals surface area contributed by atoms with Crippen LogP contribution in [0.4, 0.5) is 0 Å². The van der Waals surface area contributed by atoms with Crippen molar-refractivity contribution in [2.24, 2.45) is 0 Å². The Morgan fingerprint density at radius 3 is 2.47 bits per heavy atom. The average Bonchev–Trinajstić information content (AvgIpc) is 2.16. The van der Waals surface area contributed by atoms with Crippen molar-refractivity contribution in [1.82, 2.24) is 5.32 Å². The Morgan fingerprint density at radius 1 is 1.00 bits per heavy atom. The SMILES string of the molecule is Cl.c1ccc2c([C@@H]3CCN3)cccc2c1. The van der Waals surface area contributed by atoms with Crippen LogP contribution >= 0.6 is 12.4 Å². The summed E-state index contributed by atoms with van der Waals surface area (Å²) in [6, 6.07) is 15.8. The molecule has 0 saturated carbocycles. The third-order valence-corrected chi connectivity index (χ3v) is 3.02. The minimum absolute atomic E-state index is 0.